The van der Waals surface area contributed by atoms with Crippen LogP contribution in [0.3, 0.4) is 0 Å². The molecule has 2 aromatic rings. The molecule has 0 aliphatic rings. The van der Waals surface area contributed by atoms with E-state index in [1.807, 2.05) is 30.3 Å². The third-order valence-corrected chi connectivity index (χ3v) is 4.08. The van der Waals surface area contributed by atoms with Gasteiger partial charge in [0.05, 0.1) is 6.61 Å². The molecule has 2 rings (SSSR count). The molecule has 1 atom stereocenters. The van der Waals surface area contributed by atoms with Gasteiger partial charge in [-0.1, -0.05) is 42.5 Å². The maximum Gasteiger partial charge on any atom is 0.320 e. The summed E-state index contributed by atoms with van der Waals surface area (Å²) in [6.45, 7) is 1.01. The van der Waals surface area contributed by atoms with Crippen molar-refractivity contribution in [2.75, 3.05) is 11.9 Å². The van der Waals surface area contributed by atoms with E-state index in [0.717, 1.165) is 12.0 Å². The van der Waals surface area contributed by atoms with E-state index in [-0.39, 0.29) is 18.7 Å². The van der Waals surface area contributed by atoms with Crippen molar-refractivity contribution in [3.05, 3.63) is 65.7 Å². The molecule has 1 amide bonds. The summed E-state index contributed by atoms with van der Waals surface area (Å²) in [5, 5.41) is 11.4. The van der Waals surface area contributed by atoms with Gasteiger partial charge in [0.25, 0.3) is 0 Å². The highest BCUT2D eigenvalue weighted by atomic mass is 16.6. The third-order valence-electron chi connectivity index (χ3n) is 4.08. The Morgan fingerprint density at radius 1 is 1.10 bits per heavy atom. The fourth-order valence-electron chi connectivity index (χ4n) is 2.42. The molecular weight excluding hydrogens is 372 g/mol. The molecule has 0 aliphatic heterocycles. The quantitative estimate of drug-likeness (QED) is 0.188. The summed E-state index contributed by atoms with van der Waals surface area (Å²) in [6.07, 6.45) is 2.53. The van der Waals surface area contributed by atoms with Crippen LogP contribution < -0.4 is 16.5 Å². The standard InChI is InChI=1S/C21H26N4O4/c22-19(21(27)28)10-11-20(26)25-18-8-6-17(7-9-18)14-29-24-15-23-13-12-16-4-2-1-3-5-16/h1-9,15,19H,10-14,22H2,(H,23,24)(H,25,26)(H,27,28)/t19-/m0/s1. The molecule has 0 heterocycles. The van der Waals surface area contributed by atoms with Crippen LogP contribution in [0.4, 0.5) is 5.69 Å². The van der Waals surface area contributed by atoms with Crippen molar-refractivity contribution in [1.82, 2.24) is 5.48 Å². The average molecular weight is 398 g/mol. The fourth-order valence-corrected chi connectivity index (χ4v) is 2.42. The summed E-state index contributed by atoms with van der Waals surface area (Å²) in [7, 11) is 0. The number of carboxylic acids is 1. The van der Waals surface area contributed by atoms with Gasteiger partial charge in [0.1, 0.15) is 12.4 Å². The van der Waals surface area contributed by atoms with Gasteiger partial charge in [-0.2, -0.15) is 0 Å². The largest absolute Gasteiger partial charge is 0.480 e. The molecule has 0 fully saturated rings. The zero-order valence-corrected chi connectivity index (χ0v) is 16.1. The van der Waals surface area contributed by atoms with Crippen LogP contribution in [0.15, 0.2) is 59.6 Å². The average Bonchev–Trinajstić information content (AvgIpc) is 2.73. The van der Waals surface area contributed by atoms with Crippen molar-refractivity contribution < 1.29 is 19.5 Å². The zero-order valence-electron chi connectivity index (χ0n) is 16.1. The van der Waals surface area contributed by atoms with Crippen LogP contribution in [0.5, 0.6) is 0 Å². The van der Waals surface area contributed by atoms with Gasteiger partial charge in [-0.3, -0.25) is 24.9 Å². The highest BCUT2D eigenvalue weighted by molar-refractivity contribution is 5.91. The molecule has 0 aliphatic carbocycles. The van der Waals surface area contributed by atoms with Crippen LogP contribution in [0.25, 0.3) is 0 Å². The number of benzene rings is 2. The van der Waals surface area contributed by atoms with Gasteiger partial charge in [0.2, 0.25) is 5.91 Å². The van der Waals surface area contributed by atoms with Crippen molar-refractivity contribution >= 4 is 23.9 Å². The zero-order chi connectivity index (χ0) is 20.9. The number of nitrogens with zero attached hydrogens (tertiary/aromatic N) is 1. The number of aliphatic imine (C=N–C) groups is 1. The van der Waals surface area contributed by atoms with E-state index in [4.69, 9.17) is 15.7 Å². The maximum atomic E-state index is 11.8. The molecule has 0 aromatic heterocycles. The Hall–Kier alpha value is -3.23. The molecular formula is C21H26N4O4. The lowest BCUT2D eigenvalue weighted by Crippen LogP contribution is -2.31. The van der Waals surface area contributed by atoms with Crippen molar-refractivity contribution in [2.24, 2.45) is 10.7 Å². The molecule has 0 radical (unpaired) electrons. The third kappa shape index (κ3) is 9.00. The smallest absolute Gasteiger partial charge is 0.320 e. The van der Waals surface area contributed by atoms with E-state index in [0.29, 0.717) is 18.8 Å². The Morgan fingerprint density at radius 3 is 2.52 bits per heavy atom. The number of carbonyl (C=O) groups excluding carboxylic acids is 1. The molecule has 0 saturated carbocycles. The van der Waals surface area contributed by atoms with Gasteiger partial charge in [0, 0.05) is 18.7 Å². The van der Waals surface area contributed by atoms with Crippen molar-refractivity contribution in [2.45, 2.75) is 31.9 Å². The summed E-state index contributed by atoms with van der Waals surface area (Å²) in [6, 6.07) is 16.3. The van der Waals surface area contributed by atoms with E-state index in [1.165, 1.54) is 11.9 Å². The topological polar surface area (TPSA) is 126 Å². The van der Waals surface area contributed by atoms with Crippen LogP contribution in [-0.2, 0) is 27.5 Å². The minimum atomic E-state index is -1.11. The summed E-state index contributed by atoms with van der Waals surface area (Å²) < 4.78 is 0. The number of hydrogen-bond acceptors (Lipinski definition) is 5. The SMILES string of the molecule is N[C@@H](CCC(=O)Nc1ccc(CONC=NCCc2ccccc2)cc1)C(=O)O. The van der Waals surface area contributed by atoms with Crippen LogP contribution in [0.1, 0.15) is 24.0 Å². The fraction of sp³-hybridized carbons (Fsp3) is 0.286. The molecule has 0 unspecified atom stereocenters. The van der Waals surface area contributed by atoms with Gasteiger partial charge in [0.15, 0.2) is 0 Å². The predicted molar refractivity (Wildman–Crippen MR) is 111 cm³/mol. The number of aliphatic carboxylic acids is 1. The van der Waals surface area contributed by atoms with E-state index in [2.05, 4.69) is 27.9 Å². The molecule has 8 nitrogen and oxygen atoms in total. The van der Waals surface area contributed by atoms with E-state index in [1.54, 1.807) is 12.1 Å². The number of rotatable bonds is 12. The number of hydroxylamine groups is 1. The molecule has 29 heavy (non-hydrogen) atoms. The van der Waals surface area contributed by atoms with Gasteiger partial charge < -0.3 is 16.2 Å². The number of amides is 1. The lowest BCUT2D eigenvalue weighted by Gasteiger charge is -2.08. The minimum absolute atomic E-state index is 0.0475. The minimum Gasteiger partial charge on any atom is -0.480 e. The van der Waals surface area contributed by atoms with Gasteiger partial charge in [-0.25, -0.2) is 0 Å². The van der Waals surface area contributed by atoms with E-state index in [9.17, 15) is 9.59 Å². The first kappa shape index (κ1) is 22.1. The van der Waals surface area contributed by atoms with Crippen molar-refractivity contribution in [1.29, 1.82) is 0 Å². The molecule has 154 valence electrons. The predicted octanol–water partition coefficient (Wildman–Crippen LogP) is 2.11. The Kier molecular flexibility index (Phi) is 9.34. The second-order valence-electron chi connectivity index (χ2n) is 6.41. The monoisotopic (exact) mass is 398 g/mol. The number of hydrogen-bond donors (Lipinski definition) is 4. The van der Waals surface area contributed by atoms with Gasteiger partial charge >= 0.3 is 5.97 Å². The Morgan fingerprint density at radius 2 is 1.83 bits per heavy atom. The molecule has 0 bridgehead atoms. The van der Waals surface area contributed by atoms with E-state index >= 15 is 0 Å². The molecule has 0 spiro atoms. The van der Waals surface area contributed by atoms with Crippen LogP contribution in [-0.4, -0.2) is 35.9 Å². The van der Waals surface area contributed by atoms with Crippen molar-refractivity contribution in [3.8, 4) is 0 Å². The summed E-state index contributed by atoms with van der Waals surface area (Å²) in [5.74, 6) is -1.39. The summed E-state index contributed by atoms with van der Waals surface area (Å²) in [4.78, 5) is 32.0. The van der Waals surface area contributed by atoms with E-state index < -0.39 is 12.0 Å². The van der Waals surface area contributed by atoms with Gasteiger partial charge in [-0.15, -0.1) is 0 Å². The second kappa shape index (κ2) is 12.3. The number of nitrogens with one attached hydrogen (secondary N) is 2. The van der Waals surface area contributed by atoms with Crippen molar-refractivity contribution in [3.63, 3.8) is 0 Å². The normalized spacial score (nSPS) is 11.9. The first-order chi connectivity index (χ1) is 14.0. The Labute approximate surface area is 169 Å². The number of anilines is 1. The second-order valence-corrected chi connectivity index (χ2v) is 6.41. The Bertz CT molecular complexity index is 794. The number of carboxylic acid groups (broad SMARTS) is 1. The molecule has 2 aromatic carbocycles. The Balaban J connectivity index is 1.61. The van der Waals surface area contributed by atoms with Gasteiger partial charge in [-0.05, 0) is 36.1 Å². The van der Waals surface area contributed by atoms with Crippen LogP contribution >= 0.6 is 0 Å². The highest BCUT2D eigenvalue weighted by Crippen LogP contribution is 2.11. The summed E-state index contributed by atoms with van der Waals surface area (Å²) >= 11 is 0. The molecule has 0 saturated heterocycles. The lowest BCUT2D eigenvalue weighted by molar-refractivity contribution is -0.138. The van der Waals surface area contributed by atoms with Crippen LogP contribution in [0.2, 0.25) is 0 Å². The summed E-state index contributed by atoms with van der Waals surface area (Å²) in [5.41, 5.74) is 10.8. The maximum absolute atomic E-state index is 11.8. The molecule has 8 heteroatoms. The number of nitrogens with two attached hydrogens (primary N) is 1. The number of carbonyl (C=O) groups is 2. The first-order valence-corrected chi connectivity index (χ1v) is 9.31. The molecule has 5 N–H and O–H groups in total. The first-order valence-electron chi connectivity index (χ1n) is 9.31. The lowest BCUT2D eigenvalue weighted by atomic mass is 10.1. The highest BCUT2D eigenvalue weighted by Gasteiger charge is 2.13. The van der Waals surface area contributed by atoms with Crippen LogP contribution in [0, 0.1) is 0 Å².